The molecule has 2 aromatic carbocycles. The van der Waals surface area contributed by atoms with Crippen molar-refractivity contribution in [2.24, 2.45) is 0 Å². The lowest BCUT2D eigenvalue weighted by Gasteiger charge is -2.45. The van der Waals surface area contributed by atoms with Gasteiger partial charge in [-0.1, -0.05) is 32.0 Å². The molecule has 0 radical (unpaired) electrons. The van der Waals surface area contributed by atoms with Gasteiger partial charge in [-0.3, -0.25) is 9.59 Å². The molecule has 4 rings (SSSR count). The van der Waals surface area contributed by atoms with Gasteiger partial charge in [-0.2, -0.15) is 0 Å². The Hall–Kier alpha value is -3.06. The summed E-state index contributed by atoms with van der Waals surface area (Å²) in [4.78, 5) is 31.2. The molecular formula is C26H33N3O4. The van der Waals surface area contributed by atoms with Crippen LogP contribution < -0.4 is 14.8 Å². The summed E-state index contributed by atoms with van der Waals surface area (Å²) in [5.74, 6) is 0.688. The van der Waals surface area contributed by atoms with Gasteiger partial charge in [-0.15, -0.1) is 0 Å². The Morgan fingerprint density at radius 3 is 2.48 bits per heavy atom. The number of carbonyl (C=O) groups is 2. The molecule has 1 N–H and O–H groups in total. The van der Waals surface area contributed by atoms with Crippen LogP contribution in [0.5, 0.6) is 11.5 Å². The van der Waals surface area contributed by atoms with Crippen LogP contribution >= 0.6 is 0 Å². The Morgan fingerprint density at radius 1 is 1.09 bits per heavy atom. The van der Waals surface area contributed by atoms with Crippen molar-refractivity contribution in [3.8, 4) is 11.5 Å². The molecule has 2 atom stereocenters. The number of hydrogen-bond donors (Lipinski definition) is 1. The number of ether oxygens (including phenoxy) is 2. The molecule has 0 fully saturated rings. The zero-order chi connectivity index (χ0) is 23.5. The van der Waals surface area contributed by atoms with E-state index in [2.05, 4.69) is 24.1 Å². The van der Waals surface area contributed by atoms with Gasteiger partial charge in [0.25, 0.3) is 5.91 Å². The van der Waals surface area contributed by atoms with Crippen molar-refractivity contribution in [1.29, 1.82) is 0 Å². The van der Waals surface area contributed by atoms with Crippen LogP contribution in [0.4, 0.5) is 0 Å². The van der Waals surface area contributed by atoms with E-state index in [1.807, 2.05) is 41.3 Å². The number of nitrogens with zero attached hydrogens (tertiary/aromatic N) is 2. The highest BCUT2D eigenvalue weighted by molar-refractivity contribution is 6.01. The van der Waals surface area contributed by atoms with Crippen molar-refractivity contribution in [3.63, 3.8) is 0 Å². The fourth-order valence-electron chi connectivity index (χ4n) is 5.12. The molecule has 2 aromatic rings. The van der Waals surface area contributed by atoms with Gasteiger partial charge in [-0.05, 0) is 54.4 Å². The highest BCUT2D eigenvalue weighted by atomic mass is 16.5. The molecule has 0 aliphatic carbocycles. The predicted molar refractivity (Wildman–Crippen MR) is 127 cm³/mol. The van der Waals surface area contributed by atoms with Crippen molar-refractivity contribution < 1.29 is 19.1 Å². The van der Waals surface area contributed by atoms with E-state index < -0.39 is 5.92 Å². The number of fused-ring (bicyclic) bond motifs is 4. The number of amides is 2. The standard InChI is InChI=1S/C26H33N3O4/c1-5-28(6-2)14-12-27-25(30)23-18-9-7-8-10-19(18)26(31)29-13-11-17-15-21(32-3)22(33-4)16-20(17)24(23)29/h7-10,15-16,23-24H,5-6,11-14H2,1-4H3,(H,27,30)/t23-,24+/m1/s1. The van der Waals surface area contributed by atoms with Crippen molar-refractivity contribution >= 4 is 11.8 Å². The fraction of sp³-hybridized carbons (Fsp3) is 0.462. The largest absolute Gasteiger partial charge is 0.493 e. The molecule has 0 saturated heterocycles. The van der Waals surface area contributed by atoms with Gasteiger partial charge in [0, 0.05) is 25.2 Å². The first-order valence-corrected chi connectivity index (χ1v) is 11.7. The summed E-state index contributed by atoms with van der Waals surface area (Å²) >= 11 is 0. The Balaban J connectivity index is 1.75. The van der Waals surface area contributed by atoms with Crippen LogP contribution in [0.1, 0.15) is 52.9 Å². The van der Waals surface area contributed by atoms with Crippen molar-refractivity contribution in [3.05, 3.63) is 58.7 Å². The average molecular weight is 452 g/mol. The Kier molecular flexibility index (Phi) is 6.88. The summed E-state index contributed by atoms with van der Waals surface area (Å²) < 4.78 is 11.1. The second-order valence-electron chi connectivity index (χ2n) is 8.48. The highest BCUT2D eigenvalue weighted by Gasteiger charge is 2.46. The number of methoxy groups -OCH3 is 2. The molecule has 7 nitrogen and oxygen atoms in total. The molecule has 0 aromatic heterocycles. The van der Waals surface area contributed by atoms with Gasteiger partial charge in [0.1, 0.15) is 0 Å². The number of nitrogens with one attached hydrogen (secondary N) is 1. The maximum Gasteiger partial charge on any atom is 0.254 e. The number of benzene rings is 2. The minimum absolute atomic E-state index is 0.0248. The summed E-state index contributed by atoms with van der Waals surface area (Å²) in [6.45, 7) is 8.04. The van der Waals surface area contributed by atoms with E-state index >= 15 is 0 Å². The van der Waals surface area contributed by atoms with E-state index in [4.69, 9.17) is 9.47 Å². The van der Waals surface area contributed by atoms with Gasteiger partial charge >= 0.3 is 0 Å². The number of rotatable bonds is 8. The smallest absolute Gasteiger partial charge is 0.254 e. The van der Waals surface area contributed by atoms with Crippen LogP contribution in [0.25, 0.3) is 0 Å². The van der Waals surface area contributed by atoms with Crippen molar-refractivity contribution in [1.82, 2.24) is 15.1 Å². The molecule has 7 heteroatoms. The maximum atomic E-state index is 13.6. The Morgan fingerprint density at radius 2 is 1.79 bits per heavy atom. The first-order valence-electron chi connectivity index (χ1n) is 11.7. The second kappa shape index (κ2) is 9.83. The fourth-order valence-corrected chi connectivity index (χ4v) is 5.12. The van der Waals surface area contributed by atoms with Gasteiger partial charge in [-0.25, -0.2) is 0 Å². The van der Waals surface area contributed by atoms with Gasteiger partial charge < -0.3 is 24.6 Å². The van der Waals surface area contributed by atoms with Crippen LogP contribution in [0, 0.1) is 0 Å². The van der Waals surface area contributed by atoms with Crippen molar-refractivity contribution in [2.45, 2.75) is 32.2 Å². The zero-order valence-electron chi connectivity index (χ0n) is 19.9. The van der Waals surface area contributed by atoms with Gasteiger partial charge in [0.2, 0.25) is 5.91 Å². The van der Waals surface area contributed by atoms with Gasteiger partial charge in [0.15, 0.2) is 11.5 Å². The minimum Gasteiger partial charge on any atom is -0.493 e. The molecule has 2 heterocycles. The Bertz CT molecular complexity index is 1030. The molecular weight excluding hydrogens is 418 g/mol. The van der Waals surface area contributed by atoms with Gasteiger partial charge in [0.05, 0.1) is 26.2 Å². The zero-order valence-corrected chi connectivity index (χ0v) is 19.9. The van der Waals surface area contributed by atoms with Crippen LogP contribution in [0.2, 0.25) is 0 Å². The monoisotopic (exact) mass is 451 g/mol. The molecule has 0 saturated carbocycles. The quantitative estimate of drug-likeness (QED) is 0.668. The lowest BCUT2D eigenvalue weighted by molar-refractivity contribution is -0.124. The van der Waals surface area contributed by atoms with Crippen molar-refractivity contribution in [2.75, 3.05) is 46.9 Å². The third-order valence-corrected chi connectivity index (χ3v) is 6.93. The number of likely N-dealkylation sites (N-methyl/N-ethyl adjacent to an activating group) is 1. The van der Waals surface area contributed by atoms with E-state index in [0.29, 0.717) is 36.6 Å². The highest BCUT2D eigenvalue weighted by Crippen LogP contribution is 2.48. The summed E-state index contributed by atoms with van der Waals surface area (Å²) in [5, 5.41) is 3.15. The first kappa shape index (κ1) is 23.1. The summed E-state index contributed by atoms with van der Waals surface area (Å²) in [5.41, 5.74) is 3.43. The molecule has 2 amide bonds. The van der Waals surface area contributed by atoms with Crippen LogP contribution in [-0.4, -0.2) is 68.6 Å². The average Bonchev–Trinajstić information content (AvgIpc) is 2.85. The molecule has 0 unspecified atom stereocenters. The van der Waals surface area contributed by atoms with E-state index in [1.165, 1.54) is 0 Å². The second-order valence-corrected chi connectivity index (χ2v) is 8.48. The number of carbonyl (C=O) groups excluding carboxylic acids is 2. The summed E-state index contributed by atoms with van der Waals surface area (Å²) in [6.07, 6.45) is 0.705. The first-order chi connectivity index (χ1) is 16.0. The van der Waals surface area contributed by atoms with E-state index in [-0.39, 0.29) is 17.9 Å². The predicted octanol–water partition coefficient (Wildman–Crippen LogP) is 3.00. The summed E-state index contributed by atoms with van der Waals surface area (Å²) in [7, 11) is 3.22. The van der Waals surface area contributed by atoms with Crippen LogP contribution in [0.3, 0.4) is 0 Å². The Labute approximate surface area is 195 Å². The number of hydrogen-bond acceptors (Lipinski definition) is 5. The molecule has 176 valence electrons. The van der Waals surface area contributed by atoms with Crippen LogP contribution in [0.15, 0.2) is 36.4 Å². The molecule has 2 aliphatic heterocycles. The third-order valence-electron chi connectivity index (χ3n) is 6.93. The van der Waals surface area contributed by atoms with E-state index in [1.54, 1.807) is 14.2 Å². The lowest BCUT2D eigenvalue weighted by Crippen LogP contribution is -2.50. The van der Waals surface area contributed by atoms with E-state index in [9.17, 15) is 9.59 Å². The molecule has 0 spiro atoms. The van der Waals surface area contributed by atoms with Crippen LogP contribution in [-0.2, 0) is 11.2 Å². The lowest BCUT2D eigenvalue weighted by atomic mass is 9.75. The third kappa shape index (κ3) is 4.17. The topological polar surface area (TPSA) is 71.1 Å². The normalized spacial score (nSPS) is 18.9. The van der Waals surface area contributed by atoms with E-state index in [0.717, 1.165) is 36.3 Å². The summed E-state index contributed by atoms with van der Waals surface area (Å²) in [6, 6.07) is 11.0. The molecule has 2 aliphatic rings. The molecule has 33 heavy (non-hydrogen) atoms. The minimum atomic E-state index is -0.493. The molecule has 0 bridgehead atoms. The SMILES string of the molecule is CCN(CC)CCNC(=O)[C@@H]1c2ccccc2C(=O)N2CCc3cc(OC)c(OC)cc3[C@@H]12. The maximum absolute atomic E-state index is 13.6.